The van der Waals surface area contributed by atoms with Crippen LogP contribution in [-0.4, -0.2) is 30.1 Å². The highest BCUT2D eigenvalue weighted by molar-refractivity contribution is 6.29. The average Bonchev–Trinajstić information content (AvgIpc) is 2.85. The largest absolute Gasteiger partial charge is 0.379 e. The first kappa shape index (κ1) is 14.3. The van der Waals surface area contributed by atoms with Gasteiger partial charge in [0.25, 0.3) is 5.91 Å². The summed E-state index contributed by atoms with van der Waals surface area (Å²) >= 11 is 5.93. The van der Waals surface area contributed by atoms with Crippen molar-refractivity contribution in [1.29, 1.82) is 0 Å². The Morgan fingerprint density at radius 3 is 3.00 bits per heavy atom. The lowest BCUT2D eigenvalue weighted by Gasteiger charge is -2.19. The van der Waals surface area contributed by atoms with Crippen LogP contribution in [0.2, 0.25) is 5.15 Å². The first-order chi connectivity index (χ1) is 9.13. The van der Waals surface area contributed by atoms with Crippen LogP contribution in [0.3, 0.4) is 0 Å². The molecule has 1 aromatic rings. The van der Waals surface area contributed by atoms with Gasteiger partial charge >= 0.3 is 0 Å². The number of methoxy groups -OCH3 is 1. The van der Waals surface area contributed by atoms with Gasteiger partial charge in [-0.25, -0.2) is 4.98 Å². The zero-order valence-corrected chi connectivity index (χ0v) is 12.0. The molecule has 19 heavy (non-hydrogen) atoms. The minimum Gasteiger partial charge on any atom is -0.379 e. The molecule has 1 saturated carbocycles. The topological polar surface area (TPSA) is 51.2 Å². The molecular weight excluding hydrogens is 264 g/mol. The van der Waals surface area contributed by atoms with E-state index in [0.29, 0.717) is 10.7 Å². The van der Waals surface area contributed by atoms with Crippen molar-refractivity contribution < 1.29 is 9.53 Å². The highest BCUT2D eigenvalue weighted by Crippen LogP contribution is 2.22. The number of aromatic nitrogens is 1. The van der Waals surface area contributed by atoms with E-state index >= 15 is 0 Å². The number of amides is 1. The maximum Gasteiger partial charge on any atom is 0.251 e. The first-order valence-corrected chi connectivity index (χ1v) is 7.02. The van der Waals surface area contributed by atoms with E-state index in [1.165, 1.54) is 0 Å². The molecule has 1 N–H and O–H groups in total. The van der Waals surface area contributed by atoms with Gasteiger partial charge in [-0.2, -0.15) is 0 Å². The molecule has 0 saturated heterocycles. The second-order valence-corrected chi connectivity index (χ2v) is 5.20. The van der Waals surface area contributed by atoms with Gasteiger partial charge in [-0.15, -0.1) is 0 Å². The monoisotopic (exact) mass is 282 g/mol. The molecule has 0 spiro atoms. The molecule has 5 heteroatoms. The summed E-state index contributed by atoms with van der Waals surface area (Å²) in [5, 5.41) is 3.38. The summed E-state index contributed by atoms with van der Waals surface area (Å²) in [7, 11) is 1.69. The zero-order valence-electron chi connectivity index (χ0n) is 11.3. The van der Waals surface area contributed by atoms with Crippen molar-refractivity contribution in [3.63, 3.8) is 0 Å². The Labute approximate surface area is 118 Å². The van der Waals surface area contributed by atoms with Crippen LogP contribution >= 0.6 is 11.6 Å². The van der Waals surface area contributed by atoms with Crippen molar-refractivity contribution in [3.05, 3.63) is 28.5 Å². The van der Waals surface area contributed by atoms with Crippen LogP contribution in [0.4, 0.5) is 0 Å². The molecule has 0 radical (unpaired) electrons. The van der Waals surface area contributed by atoms with Crippen LogP contribution in [0.25, 0.3) is 0 Å². The van der Waals surface area contributed by atoms with E-state index < -0.39 is 0 Å². The van der Waals surface area contributed by atoms with Crippen LogP contribution in [0, 0.1) is 0 Å². The SMILES string of the molecule is CCc1cc(C(=O)NC2CCCC2OC)cc(Cl)n1. The summed E-state index contributed by atoms with van der Waals surface area (Å²) in [6.45, 7) is 1.98. The number of rotatable bonds is 4. The molecule has 2 atom stereocenters. The normalized spacial score (nSPS) is 22.5. The predicted molar refractivity (Wildman–Crippen MR) is 74.5 cm³/mol. The summed E-state index contributed by atoms with van der Waals surface area (Å²) in [5.74, 6) is -0.104. The van der Waals surface area contributed by atoms with Crippen LogP contribution in [0.1, 0.15) is 42.2 Å². The maximum atomic E-state index is 12.2. The molecule has 2 rings (SSSR count). The lowest BCUT2D eigenvalue weighted by Crippen LogP contribution is -2.40. The van der Waals surface area contributed by atoms with Crippen LogP contribution in [0.5, 0.6) is 0 Å². The Morgan fingerprint density at radius 2 is 2.32 bits per heavy atom. The van der Waals surface area contributed by atoms with Crippen LogP contribution < -0.4 is 5.32 Å². The number of nitrogens with zero attached hydrogens (tertiary/aromatic N) is 1. The fourth-order valence-electron chi connectivity index (χ4n) is 2.49. The van der Waals surface area contributed by atoms with E-state index in [9.17, 15) is 4.79 Å². The van der Waals surface area contributed by atoms with Crippen molar-refractivity contribution >= 4 is 17.5 Å². The van der Waals surface area contributed by atoms with E-state index in [0.717, 1.165) is 31.4 Å². The van der Waals surface area contributed by atoms with Crippen molar-refractivity contribution in [2.24, 2.45) is 0 Å². The fraction of sp³-hybridized carbons (Fsp3) is 0.571. The molecule has 1 aliphatic carbocycles. The molecule has 0 aliphatic heterocycles. The Balaban J connectivity index is 2.09. The van der Waals surface area contributed by atoms with E-state index in [1.807, 2.05) is 6.92 Å². The van der Waals surface area contributed by atoms with Gasteiger partial charge in [0.05, 0.1) is 12.1 Å². The number of hydrogen-bond acceptors (Lipinski definition) is 3. The first-order valence-electron chi connectivity index (χ1n) is 6.64. The summed E-state index contributed by atoms with van der Waals surface area (Å²) < 4.78 is 5.38. The van der Waals surface area contributed by atoms with Crippen molar-refractivity contribution in [1.82, 2.24) is 10.3 Å². The highest BCUT2D eigenvalue weighted by atomic mass is 35.5. The number of pyridine rings is 1. The van der Waals surface area contributed by atoms with Gasteiger partial charge in [-0.1, -0.05) is 18.5 Å². The lowest BCUT2D eigenvalue weighted by molar-refractivity contribution is 0.0722. The van der Waals surface area contributed by atoms with Crippen molar-refractivity contribution in [2.45, 2.75) is 44.8 Å². The van der Waals surface area contributed by atoms with Gasteiger partial charge in [-0.05, 0) is 37.8 Å². The molecule has 0 bridgehead atoms. The number of ether oxygens (including phenoxy) is 1. The Hall–Kier alpha value is -1.13. The number of carbonyl (C=O) groups is 1. The van der Waals surface area contributed by atoms with Crippen LogP contribution in [0.15, 0.2) is 12.1 Å². The Kier molecular flexibility index (Phi) is 4.77. The summed E-state index contributed by atoms with van der Waals surface area (Å²) in [4.78, 5) is 16.4. The second kappa shape index (κ2) is 6.35. The summed E-state index contributed by atoms with van der Waals surface area (Å²) in [5.41, 5.74) is 1.39. The Morgan fingerprint density at radius 1 is 1.53 bits per heavy atom. The van der Waals surface area contributed by atoms with Gasteiger partial charge in [0.1, 0.15) is 5.15 Å². The number of nitrogens with one attached hydrogen (secondary N) is 1. The molecule has 1 heterocycles. The summed E-state index contributed by atoms with van der Waals surface area (Å²) in [6, 6.07) is 3.49. The molecule has 1 amide bonds. The van der Waals surface area contributed by atoms with E-state index in [-0.39, 0.29) is 18.1 Å². The van der Waals surface area contributed by atoms with E-state index in [1.54, 1.807) is 19.2 Å². The highest BCUT2D eigenvalue weighted by Gasteiger charge is 2.28. The third-order valence-corrected chi connectivity index (χ3v) is 3.74. The van der Waals surface area contributed by atoms with Gasteiger partial charge in [0, 0.05) is 18.4 Å². The molecule has 2 unspecified atom stereocenters. The maximum absolute atomic E-state index is 12.2. The second-order valence-electron chi connectivity index (χ2n) is 4.81. The van der Waals surface area contributed by atoms with E-state index in [4.69, 9.17) is 16.3 Å². The molecule has 1 aromatic heterocycles. The molecule has 104 valence electrons. The number of halogens is 1. The quantitative estimate of drug-likeness (QED) is 0.864. The molecule has 0 aromatic carbocycles. The van der Waals surface area contributed by atoms with Gasteiger partial charge in [0.15, 0.2) is 0 Å². The van der Waals surface area contributed by atoms with Gasteiger partial charge in [-0.3, -0.25) is 4.79 Å². The average molecular weight is 283 g/mol. The Bertz CT molecular complexity index is 465. The molecule has 4 nitrogen and oxygen atoms in total. The third-order valence-electron chi connectivity index (χ3n) is 3.54. The van der Waals surface area contributed by atoms with Gasteiger partial charge < -0.3 is 10.1 Å². The van der Waals surface area contributed by atoms with E-state index in [2.05, 4.69) is 10.3 Å². The minimum atomic E-state index is -0.104. The zero-order chi connectivity index (χ0) is 13.8. The van der Waals surface area contributed by atoms with Crippen molar-refractivity contribution in [2.75, 3.05) is 7.11 Å². The predicted octanol–water partition coefficient (Wildman–Crippen LogP) is 2.59. The minimum absolute atomic E-state index is 0.0921. The third kappa shape index (κ3) is 3.45. The number of hydrogen-bond donors (Lipinski definition) is 1. The standard InChI is InChI=1S/C14H19ClN2O2/c1-3-10-7-9(8-13(15)16-10)14(18)17-11-5-4-6-12(11)19-2/h7-8,11-12H,3-6H2,1-2H3,(H,17,18). The number of aryl methyl sites for hydroxylation is 1. The van der Waals surface area contributed by atoms with Gasteiger partial charge in [0.2, 0.25) is 0 Å². The smallest absolute Gasteiger partial charge is 0.251 e. The molecule has 1 aliphatic rings. The number of carbonyl (C=O) groups excluding carboxylic acids is 1. The molecule has 1 fully saturated rings. The fourth-order valence-corrected chi connectivity index (χ4v) is 2.71. The summed E-state index contributed by atoms with van der Waals surface area (Å²) in [6.07, 6.45) is 3.92. The lowest BCUT2D eigenvalue weighted by atomic mass is 10.1. The van der Waals surface area contributed by atoms with Crippen LogP contribution in [-0.2, 0) is 11.2 Å². The molecular formula is C14H19ClN2O2. The van der Waals surface area contributed by atoms with Crippen molar-refractivity contribution in [3.8, 4) is 0 Å².